The Hall–Kier alpha value is -0.570. The normalized spacial score (nSPS) is 13.5. The van der Waals surface area contributed by atoms with Crippen LogP contribution >= 0.6 is 0 Å². The van der Waals surface area contributed by atoms with E-state index in [-0.39, 0.29) is 17.6 Å². The van der Waals surface area contributed by atoms with Crippen molar-refractivity contribution in [1.82, 2.24) is 5.32 Å². The number of rotatable bonds is 9. The number of carbonyl (C=O) groups is 1. The average molecular weight is 243 g/mol. The Morgan fingerprint density at radius 2 is 1.71 bits per heavy atom. The third kappa shape index (κ3) is 5.07. The number of unbranched alkanes of at least 4 members (excludes halogenated alkanes) is 1. The fraction of sp³-hybridized carbons (Fsp3) is 0.929. The molecule has 1 N–H and O–H groups in total. The van der Waals surface area contributed by atoms with Gasteiger partial charge in [0.05, 0.1) is 7.11 Å². The van der Waals surface area contributed by atoms with E-state index in [1.165, 1.54) is 7.11 Å². The van der Waals surface area contributed by atoms with Gasteiger partial charge in [0, 0.05) is 5.54 Å². The van der Waals surface area contributed by atoms with Gasteiger partial charge in [-0.05, 0) is 25.7 Å². The second-order valence-electron chi connectivity index (χ2n) is 4.70. The molecule has 0 fully saturated rings. The van der Waals surface area contributed by atoms with Crippen molar-refractivity contribution in [2.45, 2.75) is 77.8 Å². The van der Waals surface area contributed by atoms with Crippen LogP contribution in [0.5, 0.6) is 0 Å². The molecule has 0 bridgehead atoms. The summed E-state index contributed by atoms with van der Waals surface area (Å²) in [4.78, 5) is 11.8. The Morgan fingerprint density at radius 3 is 2.06 bits per heavy atom. The molecule has 0 aromatic heterocycles. The first-order valence-corrected chi connectivity index (χ1v) is 6.94. The predicted molar refractivity (Wildman–Crippen MR) is 72.1 cm³/mol. The molecule has 0 saturated heterocycles. The van der Waals surface area contributed by atoms with Crippen LogP contribution in [0.15, 0.2) is 0 Å². The molecule has 102 valence electrons. The molecule has 0 aliphatic carbocycles. The van der Waals surface area contributed by atoms with E-state index in [4.69, 9.17) is 4.74 Å². The first-order valence-electron chi connectivity index (χ1n) is 6.94. The topological polar surface area (TPSA) is 38.3 Å². The van der Waals surface area contributed by atoms with Crippen molar-refractivity contribution in [2.24, 2.45) is 0 Å². The van der Waals surface area contributed by atoms with Crippen molar-refractivity contribution in [2.75, 3.05) is 7.11 Å². The molecule has 0 saturated carbocycles. The number of hydrogen-bond acceptors (Lipinski definition) is 3. The van der Waals surface area contributed by atoms with Crippen LogP contribution in [0.2, 0.25) is 0 Å². The van der Waals surface area contributed by atoms with Crippen molar-refractivity contribution in [3.8, 4) is 0 Å². The van der Waals surface area contributed by atoms with Gasteiger partial charge < -0.3 is 4.74 Å². The van der Waals surface area contributed by atoms with Crippen molar-refractivity contribution >= 4 is 5.97 Å². The number of hydrogen-bond donors (Lipinski definition) is 1. The Labute approximate surface area is 106 Å². The zero-order chi connectivity index (χ0) is 13.3. The van der Waals surface area contributed by atoms with Gasteiger partial charge in [0.2, 0.25) is 0 Å². The zero-order valence-electron chi connectivity index (χ0n) is 12.1. The second kappa shape index (κ2) is 8.51. The fourth-order valence-corrected chi connectivity index (χ4v) is 2.23. The predicted octanol–water partition coefficient (Wildman–Crippen LogP) is 3.28. The lowest BCUT2D eigenvalue weighted by molar-refractivity contribution is -0.144. The molecule has 0 amide bonds. The first kappa shape index (κ1) is 16.4. The van der Waals surface area contributed by atoms with Gasteiger partial charge in [0.25, 0.3) is 0 Å². The van der Waals surface area contributed by atoms with Crippen LogP contribution in [0.3, 0.4) is 0 Å². The third-order valence-electron chi connectivity index (χ3n) is 3.84. The van der Waals surface area contributed by atoms with Crippen LogP contribution in [0.1, 0.15) is 66.2 Å². The Balaban J connectivity index is 4.63. The summed E-state index contributed by atoms with van der Waals surface area (Å²) >= 11 is 0. The summed E-state index contributed by atoms with van der Waals surface area (Å²) in [5.41, 5.74) is 0.0760. The van der Waals surface area contributed by atoms with Crippen LogP contribution in [0, 0.1) is 0 Å². The van der Waals surface area contributed by atoms with E-state index in [0.29, 0.717) is 0 Å². The van der Waals surface area contributed by atoms with Crippen LogP contribution in [-0.4, -0.2) is 24.7 Å². The molecule has 1 unspecified atom stereocenters. The minimum Gasteiger partial charge on any atom is -0.468 e. The summed E-state index contributed by atoms with van der Waals surface area (Å²) in [7, 11) is 1.47. The van der Waals surface area contributed by atoms with Gasteiger partial charge in [-0.15, -0.1) is 0 Å². The zero-order valence-corrected chi connectivity index (χ0v) is 12.1. The lowest BCUT2D eigenvalue weighted by Gasteiger charge is -2.35. The minimum atomic E-state index is -0.153. The van der Waals surface area contributed by atoms with Crippen LogP contribution < -0.4 is 5.32 Å². The maximum atomic E-state index is 11.8. The van der Waals surface area contributed by atoms with Crippen LogP contribution in [0.25, 0.3) is 0 Å². The van der Waals surface area contributed by atoms with Gasteiger partial charge in [0.15, 0.2) is 0 Å². The minimum absolute atomic E-state index is 0.0760. The van der Waals surface area contributed by atoms with E-state index in [1.807, 2.05) is 0 Å². The molecule has 3 nitrogen and oxygen atoms in total. The summed E-state index contributed by atoms with van der Waals surface area (Å²) < 4.78 is 4.89. The second-order valence-corrected chi connectivity index (χ2v) is 4.70. The molecule has 0 heterocycles. The summed E-state index contributed by atoms with van der Waals surface area (Å²) in [5, 5.41) is 3.53. The molecular formula is C14H29NO2. The number of methoxy groups -OCH3 is 1. The summed E-state index contributed by atoms with van der Waals surface area (Å²) in [6, 6.07) is -0.153. The molecule has 1 atom stereocenters. The molecule has 0 aliphatic rings. The highest BCUT2D eigenvalue weighted by atomic mass is 16.5. The largest absolute Gasteiger partial charge is 0.468 e. The van der Waals surface area contributed by atoms with Gasteiger partial charge in [-0.1, -0.05) is 40.5 Å². The van der Waals surface area contributed by atoms with Gasteiger partial charge in [0.1, 0.15) is 6.04 Å². The molecule has 0 aromatic carbocycles. The van der Waals surface area contributed by atoms with Crippen LogP contribution in [-0.2, 0) is 9.53 Å². The monoisotopic (exact) mass is 243 g/mol. The fourth-order valence-electron chi connectivity index (χ4n) is 2.23. The van der Waals surface area contributed by atoms with Crippen molar-refractivity contribution in [3.63, 3.8) is 0 Å². The molecule has 0 rings (SSSR count). The summed E-state index contributed by atoms with van der Waals surface area (Å²) in [6.07, 6.45) is 6.15. The maximum absolute atomic E-state index is 11.8. The maximum Gasteiger partial charge on any atom is 0.322 e. The molecule has 3 heteroatoms. The van der Waals surface area contributed by atoms with Gasteiger partial charge >= 0.3 is 5.97 Å². The highest BCUT2D eigenvalue weighted by Crippen LogP contribution is 2.21. The number of esters is 1. The van der Waals surface area contributed by atoms with E-state index in [0.717, 1.165) is 38.5 Å². The smallest absolute Gasteiger partial charge is 0.322 e. The van der Waals surface area contributed by atoms with Gasteiger partial charge in [-0.3, -0.25) is 10.1 Å². The quantitative estimate of drug-likeness (QED) is 0.632. The standard InChI is InChI=1S/C14H29NO2/c1-6-10-11-12(13(16)17-5)15-14(7-2,8-3)9-4/h12,15H,6-11H2,1-5H3. The third-order valence-corrected chi connectivity index (χ3v) is 3.84. The molecular weight excluding hydrogens is 214 g/mol. The van der Waals surface area contributed by atoms with Gasteiger partial charge in [-0.25, -0.2) is 0 Å². The van der Waals surface area contributed by atoms with E-state index in [9.17, 15) is 4.79 Å². The lowest BCUT2D eigenvalue weighted by atomic mass is 9.88. The first-order chi connectivity index (χ1) is 8.09. The number of nitrogens with one attached hydrogen (secondary N) is 1. The molecule has 17 heavy (non-hydrogen) atoms. The molecule has 0 aliphatic heterocycles. The highest BCUT2D eigenvalue weighted by Gasteiger charge is 2.30. The van der Waals surface area contributed by atoms with Gasteiger partial charge in [-0.2, -0.15) is 0 Å². The summed E-state index contributed by atoms with van der Waals surface area (Å²) in [6.45, 7) is 8.66. The molecule has 0 radical (unpaired) electrons. The van der Waals surface area contributed by atoms with E-state index >= 15 is 0 Å². The Kier molecular flexibility index (Phi) is 8.23. The summed E-state index contributed by atoms with van der Waals surface area (Å²) in [5.74, 6) is -0.127. The highest BCUT2D eigenvalue weighted by molar-refractivity contribution is 5.75. The average Bonchev–Trinajstić information content (AvgIpc) is 2.39. The molecule has 0 spiro atoms. The van der Waals surface area contributed by atoms with Crippen molar-refractivity contribution in [1.29, 1.82) is 0 Å². The number of ether oxygens (including phenoxy) is 1. The lowest BCUT2D eigenvalue weighted by Crippen LogP contribution is -2.52. The Bertz CT molecular complexity index is 204. The van der Waals surface area contributed by atoms with E-state index in [2.05, 4.69) is 33.0 Å². The molecule has 0 aromatic rings. The SMILES string of the molecule is CCCCC(NC(CC)(CC)CC)C(=O)OC. The van der Waals surface area contributed by atoms with Crippen molar-refractivity contribution < 1.29 is 9.53 Å². The van der Waals surface area contributed by atoms with Crippen molar-refractivity contribution in [3.05, 3.63) is 0 Å². The van der Waals surface area contributed by atoms with E-state index in [1.54, 1.807) is 0 Å². The van der Waals surface area contributed by atoms with Crippen LogP contribution in [0.4, 0.5) is 0 Å². The van der Waals surface area contributed by atoms with E-state index < -0.39 is 0 Å². The Morgan fingerprint density at radius 1 is 1.18 bits per heavy atom. The number of carbonyl (C=O) groups excluding carboxylic acids is 1.